The summed E-state index contributed by atoms with van der Waals surface area (Å²) in [6.07, 6.45) is 5.95. The Morgan fingerprint density at radius 2 is 1.68 bits per heavy atom. The van der Waals surface area contributed by atoms with Gasteiger partial charge in [-0.1, -0.05) is 77.8 Å². The van der Waals surface area contributed by atoms with Gasteiger partial charge >= 0.3 is 0 Å². The number of hydrogen-bond donors (Lipinski definition) is 0. The predicted molar refractivity (Wildman–Crippen MR) is 116 cm³/mol. The highest BCUT2D eigenvalue weighted by molar-refractivity contribution is 6.36. The van der Waals surface area contributed by atoms with Crippen LogP contribution >= 0.6 is 23.2 Å². The molecule has 1 aliphatic rings. The van der Waals surface area contributed by atoms with Gasteiger partial charge in [0, 0.05) is 10.6 Å². The molecule has 0 aliphatic carbocycles. The lowest BCUT2D eigenvalue weighted by molar-refractivity contribution is 0.243. The number of fused-ring (bicyclic) bond motifs is 1. The Hall–Kier alpha value is -2.68. The molecule has 0 saturated carbocycles. The van der Waals surface area contributed by atoms with Gasteiger partial charge in [0.1, 0.15) is 17.6 Å². The third kappa shape index (κ3) is 3.94. The second kappa shape index (κ2) is 8.14. The third-order valence-electron chi connectivity index (χ3n) is 4.58. The minimum atomic E-state index is -0.248. The van der Waals surface area contributed by atoms with E-state index in [9.17, 15) is 0 Å². The van der Waals surface area contributed by atoms with Crippen LogP contribution in [-0.4, -0.2) is 7.11 Å². The number of rotatable bonds is 4. The van der Waals surface area contributed by atoms with E-state index in [0.717, 1.165) is 28.0 Å². The van der Waals surface area contributed by atoms with Crippen molar-refractivity contribution in [1.82, 2.24) is 0 Å². The van der Waals surface area contributed by atoms with Crippen molar-refractivity contribution in [2.45, 2.75) is 6.10 Å². The summed E-state index contributed by atoms with van der Waals surface area (Å²) < 4.78 is 11.5. The van der Waals surface area contributed by atoms with Crippen LogP contribution in [-0.2, 0) is 0 Å². The highest BCUT2D eigenvalue weighted by Gasteiger charge is 2.25. The van der Waals surface area contributed by atoms with Gasteiger partial charge in [-0.05, 0) is 47.0 Å². The van der Waals surface area contributed by atoms with Crippen molar-refractivity contribution >= 4 is 35.4 Å². The summed E-state index contributed by atoms with van der Waals surface area (Å²) in [6, 6.07) is 21.6. The Morgan fingerprint density at radius 1 is 0.929 bits per heavy atom. The van der Waals surface area contributed by atoms with Gasteiger partial charge < -0.3 is 9.47 Å². The molecular weight excluding hydrogens is 391 g/mol. The van der Waals surface area contributed by atoms with E-state index < -0.39 is 0 Å². The SMILES string of the molecule is COc1ccc(/C=C/C2=Cc3cc(Cl)cc(Cl)c3OC2c2ccccc2)cc1. The number of halogens is 2. The fraction of sp³-hybridized carbons (Fsp3) is 0.0833. The van der Waals surface area contributed by atoms with E-state index >= 15 is 0 Å². The van der Waals surface area contributed by atoms with Crippen molar-refractivity contribution in [1.29, 1.82) is 0 Å². The second-order valence-corrected chi connectivity index (χ2v) is 7.31. The molecule has 2 nitrogen and oxygen atoms in total. The van der Waals surface area contributed by atoms with Crippen LogP contribution in [0.5, 0.6) is 11.5 Å². The van der Waals surface area contributed by atoms with Gasteiger partial charge in [0.25, 0.3) is 0 Å². The van der Waals surface area contributed by atoms with E-state index in [4.69, 9.17) is 32.7 Å². The van der Waals surface area contributed by atoms with E-state index in [1.807, 2.05) is 48.5 Å². The maximum absolute atomic E-state index is 6.38. The Kier molecular flexibility index (Phi) is 5.43. The van der Waals surface area contributed by atoms with E-state index in [2.05, 4.69) is 30.4 Å². The van der Waals surface area contributed by atoms with Gasteiger partial charge in [-0.3, -0.25) is 0 Å². The summed E-state index contributed by atoms with van der Waals surface area (Å²) in [5, 5.41) is 1.10. The quantitative estimate of drug-likeness (QED) is 0.453. The molecule has 140 valence electrons. The van der Waals surface area contributed by atoms with Crippen molar-refractivity contribution < 1.29 is 9.47 Å². The summed E-state index contributed by atoms with van der Waals surface area (Å²) >= 11 is 12.6. The van der Waals surface area contributed by atoms with E-state index in [0.29, 0.717) is 15.8 Å². The van der Waals surface area contributed by atoms with Crippen LogP contribution in [0.25, 0.3) is 12.2 Å². The standard InChI is InChI=1S/C24H18Cl2O2/c1-27-21-11-8-16(9-12-21)7-10-18-13-19-14-20(25)15-22(26)24(19)28-23(18)17-5-3-2-4-6-17/h2-15,23H,1H3/b10-7+. The third-order valence-corrected chi connectivity index (χ3v) is 5.08. The molecule has 1 unspecified atom stereocenters. The molecule has 0 saturated heterocycles. The molecule has 0 fully saturated rings. The van der Waals surface area contributed by atoms with Gasteiger partial charge in [0.15, 0.2) is 0 Å². The monoisotopic (exact) mass is 408 g/mol. The summed E-state index contributed by atoms with van der Waals surface area (Å²) in [5.74, 6) is 1.49. The van der Waals surface area contributed by atoms with Crippen LogP contribution in [0.2, 0.25) is 10.0 Å². The molecular formula is C24H18Cl2O2. The molecule has 0 bridgehead atoms. The molecule has 0 amide bonds. The largest absolute Gasteiger partial charge is 0.497 e. The van der Waals surface area contributed by atoms with Crippen LogP contribution in [0.4, 0.5) is 0 Å². The number of benzene rings is 3. The zero-order chi connectivity index (χ0) is 19.5. The van der Waals surface area contributed by atoms with Gasteiger partial charge in [-0.15, -0.1) is 0 Å². The van der Waals surface area contributed by atoms with Crippen LogP contribution in [0, 0.1) is 0 Å². The second-order valence-electron chi connectivity index (χ2n) is 6.47. The summed E-state index contributed by atoms with van der Waals surface area (Å²) in [4.78, 5) is 0. The molecule has 1 heterocycles. The fourth-order valence-corrected chi connectivity index (χ4v) is 3.74. The topological polar surface area (TPSA) is 18.5 Å². The number of hydrogen-bond acceptors (Lipinski definition) is 2. The molecule has 0 N–H and O–H groups in total. The molecule has 4 heteroatoms. The Balaban J connectivity index is 1.74. The summed E-state index contributed by atoms with van der Waals surface area (Å²) in [5.41, 5.74) is 4.03. The average molecular weight is 409 g/mol. The van der Waals surface area contributed by atoms with Gasteiger partial charge in [-0.2, -0.15) is 0 Å². The molecule has 1 atom stereocenters. The number of ether oxygens (including phenoxy) is 2. The van der Waals surface area contributed by atoms with Gasteiger partial charge in [0.2, 0.25) is 0 Å². The molecule has 28 heavy (non-hydrogen) atoms. The van der Waals surface area contributed by atoms with Crippen molar-refractivity contribution in [3.63, 3.8) is 0 Å². The summed E-state index contributed by atoms with van der Waals surface area (Å²) in [7, 11) is 1.66. The first-order valence-corrected chi connectivity index (χ1v) is 9.64. The first-order chi connectivity index (χ1) is 13.6. The number of methoxy groups -OCH3 is 1. The Bertz CT molecular complexity index is 1040. The first kappa shape index (κ1) is 18.7. The van der Waals surface area contributed by atoms with E-state index in [1.54, 1.807) is 13.2 Å². The highest BCUT2D eigenvalue weighted by atomic mass is 35.5. The van der Waals surface area contributed by atoms with Crippen molar-refractivity contribution in [3.8, 4) is 11.5 Å². The minimum Gasteiger partial charge on any atom is -0.497 e. The fourth-order valence-electron chi connectivity index (χ4n) is 3.18. The van der Waals surface area contributed by atoms with Gasteiger partial charge in [-0.25, -0.2) is 0 Å². The molecule has 1 aliphatic heterocycles. The van der Waals surface area contributed by atoms with Crippen LogP contribution in [0.1, 0.15) is 22.8 Å². The molecule has 0 radical (unpaired) electrons. The normalized spacial score (nSPS) is 15.7. The highest BCUT2D eigenvalue weighted by Crippen LogP contribution is 2.43. The zero-order valence-electron chi connectivity index (χ0n) is 15.2. The van der Waals surface area contributed by atoms with E-state index in [-0.39, 0.29) is 6.10 Å². The van der Waals surface area contributed by atoms with Crippen LogP contribution in [0.3, 0.4) is 0 Å². The predicted octanol–water partition coefficient (Wildman–Crippen LogP) is 7.23. The molecule has 0 spiro atoms. The lowest BCUT2D eigenvalue weighted by atomic mass is 9.95. The van der Waals surface area contributed by atoms with Crippen LogP contribution < -0.4 is 9.47 Å². The van der Waals surface area contributed by atoms with Crippen LogP contribution in [0.15, 0.2) is 78.4 Å². The van der Waals surface area contributed by atoms with Gasteiger partial charge in [0.05, 0.1) is 12.1 Å². The maximum Gasteiger partial charge on any atom is 0.149 e. The smallest absolute Gasteiger partial charge is 0.149 e. The molecule has 3 aromatic carbocycles. The summed E-state index contributed by atoms with van der Waals surface area (Å²) in [6.45, 7) is 0. The van der Waals surface area contributed by atoms with E-state index in [1.165, 1.54) is 0 Å². The Morgan fingerprint density at radius 3 is 2.39 bits per heavy atom. The lowest BCUT2D eigenvalue weighted by Crippen LogP contribution is -2.14. The maximum atomic E-state index is 6.38. The van der Waals surface area contributed by atoms with Crippen molar-refractivity contribution in [3.05, 3.63) is 105 Å². The van der Waals surface area contributed by atoms with Crippen molar-refractivity contribution in [2.24, 2.45) is 0 Å². The van der Waals surface area contributed by atoms with Crippen molar-refractivity contribution in [2.75, 3.05) is 7.11 Å². The minimum absolute atomic E-state index is 0.248. The zero-order valence-corrected chi connectivity index (χ0v) is 16.7. The molecule has 0 aromatic heterocycles. The Labute approximate surface area is 174 Å². The average Bonchev–Trinajstić information content (AvgIpc) is 2.72. The first-order valence-electron chi connectivity index (χ1n) is 8.88. The lowest BCUT2D eigenvalue weighted by Gasteiger charge is -2.27. The molecule has 4 rings (SSSR count). The molecule has 3 aromatic rings.